The lowest BCUT2D eigenvalue weighted by atomic mass is 9.96. The van der Waals surface area contributed by atoms with E-state index in [1.165, 1.54) is 0 Å². The van der Waals surface area contributed by atoms with Gasteiger partial charge < -0.3 is 9.84 Å². The van der Waals surface area contributed by atoms with Crippen molar-refractivity contribution in [3.63, 3.8) is 0 Å². The highest BCUT2D eigenvalue weighted by Crippen LogP contribution is 2.25. The Balaban J connectivity index is 2.46. The standard InChI is InChI=1S/C9H16O3/c1-3-4-5-7-8(10)6(2)12-9(7)11/h6-8,10H,3-5H2,1-2H3/t6-,7-,8-/m0/s1. The van der Waals surface area contributed by atoms with Gasteiger partial charge in [-0.2, -0.15) is 0 Å². The Hall–Kier alpha value is -0.570. The molecule has 0 aromatic heterocycles. The van der Waals surface area contributed by atoms with Crippen LogP contribution in [0, 0.1) is 5.92 Å². The van der Waals surface area contributed by atoms with Crippen LogP contribution >= 0.6 is 0 Å². The van der Waals surface area contributed by atoms with Gasteiger partial charge in [-0.05, 0) is 13.3 Å². The Labute approximate surface area is 72.7 Å². The quantitative estimate of drug-likeness (QED) is 0.648. The first kappa shape index (κ1) is 9.52. The third-order valence-electron chi connectivity index (χ3n) is 2.37. The van der Waals surface area contributed by atoms with Gasteiger partial charge >= 0.3 is 5.97 Å². The number of hydrogen-bond acceptors (Lipinski definition) is 3. The molecule has 70 valence electrons. The van der Waals surface area contributed by atoms with Crippen LogP contribution < -0.4 is 0 Å². The van der Waals surface area contributed by atoms with Gasteiger partial charge in [0.05, 0.1) is 5.92 Å². The average molecular weight is 172 g/mol. The first-order valence-electron chi connectivity index (χ1n) is 4.55. The predicted molar refractivity (Wildman–Crippen MR) is 44.6 cm³/mol. The fourth-order valence-corrected chi connectivity index (χ4v) is 1.52. The van der Waals surface area contributed by atoms with E-state index >= 15 is 0 Å². The summed E-state index contributed by atoms with van der Waals surface area (Å²) in [4.78, 5) is 11.1. The molecule has 1 rings (SSSR count). The molecule has 12 heavy (non-hydrogen) atoms. The SMILES string of the molecule is CCCC[C@@H]1C(=O)O[C@@H](C)[C@@H]1O. The number of rotatable bonds is 3. The summed E-state index contributed by atoms with van der Waals surface area (Å²) in [7, 11) is 0. The van der Waals surface area contributed by atoms with Crippen LogP contribution in [-0.2, 0) is 9.53 Å². The fraction of sp³-hybridized carbons (Fsp3) is 0.889. The zero-order valence-corrected chi connectivity index (χ0v) is 7.62. The molecule has 3 atom stereocenters. The number of unbranched alkanes of at least 4 members (excludes halogenated alkanes) is 1. The largest absolute Gasteiger partial charge is 0.460 e. The number of cyclic esters (lactones) is 1. The summed E-state index contributed by atoms with van der Waals surface area (Å²) in [5.41, 5.74) is 0. The molecule has 0 spiro atoms. The lowest BCUT2D eigenvalue weighted by Gasteiger charge is -2.10. The van der Waals surface area contributed by atoms with Crippen molar-refractivity contribution in [3.8, 4) is 0 Å². The van der Waals surface area contributed by atoms with Gasteiger partial charge in [-0.1, -0.05) is 19.8 Å². The highest BCUT2D eigenvalue weighted by atomic mass is 16.6. The molecule has 3 nitrogen and oxygen atoms in total. The molecule has 0 aliphatic carbocycles. The zero-order chi connectivity index (χ0) is 9.14. The van der Waals surface area contributed by atoms with Gasteiger partial charge in [0.25, 0.3) is 0 Å². The van der Waals surface area contributed by atoms with Crippen molar-refractivity contribution in [2.75, 3.05) is 0 Å². The molecule has 0 amide bonds. The molecule has 0 bridgehead atoms. The molecule has 0 unspecified atom stereocenters. The van der Waals surface area contributed by atoms with Gasteiger partial charge in [-0.25, -0.2) is 0 Å². The lowest BCUT2D eigenvalue weighted by Crippen LogP contribution is -2.24. The van der Waals surface area contributed by atoms with E-state index in [-0.39, 0.29) is 18.0 Å². The first-order valence-corrected chi connectivity index (χ1v) is 4.55. The molecular formula is C9H16O3. The third-order valence-corrected chi connectivity index (χ3v) is 2.37. The van der Waals surface area contributed by atoms with Crippen LogP contribution in [0.2, 0.25) is 0 Å². The second-order valence-corrected chi connectivity index (χ2v) is 3.38. The van der Waals surface area contributed by atoms with Crippen LogP contribution in [0.25, 0.3) is 0 Å². The van der Waals surface area contributed by atoms with E-state index in [0.717, 1.165) is 19.3 Å². The second kappa shape index (κ2) is 3.90. The maximum Gasteiger partial charge on any atom is 0.312 e. The van der Waals surface area contributed by atoms with E-state index in [0.29, 0.717) is 0 Å². The number of aliphatic hydroxyl groups is 1. The molecule has 0 aromatic rings. The van der Waals surface area contributed by atoms with Crippen molar-refractivity contribution >= 4 is 5.97 Å². The first-order chi connectivity index (χ1) is 5.66. The Bertz CT molecular complexity index is 167. The monoisotopic (exact) mass is 172 g/mol. The van der Waals surface area contributed by atoms with Crippen molar-refractivity contribution in [1.29, 1.82) is 0 Å². The van der Waals surface area contributed by atoms with Crippen molar-refractivity contribution in [3.05, 3.63) is 0 Å². The van der Waals surface area contributed by atoms with E-state index in [2.05, 4.69) is 6.92 Å². The number of hydrogen-bond donors (Lipinski definition) is 1. The van der Waals surface area contributed by atoms with Gasteiger partial charge in [-0.3, -0.25) is 4.79 Å². The van der Waals surface area contributed by atoms with Gasteiger partial charge in [0.15, 0.2) is 0 Å². The minimum atomic E-state index is -0.593. The van der Waals surface area contributed by atoms with E-state index in [4.69, 9.17) is 4.74 Å². The van der Waals surface area contributed by atoms with Crippen LogP contribution in [0.3, 0.4) is 0 Å². The smallest absolute Gasteiger partial charge is 0.312 e. The van der Waals surface area contributed by atoms with Gasteiger partial charge in [0.2, 0.25) is 0 Å². The fourth-order valence-electron chi connectivity index (χ4n) is 1.52. The van der Waals surface area contributed by atoms with E-state index in [1.807, 2.05) is 0 Å². The normalized spacial score (nSPS) is 35.2. The summed E-state index contributed by atoms with van der Waals surface area (Å²) in [6, 6.07) is 0. The topological polar surface area (TPSA) is 46.5 Å². The Morgan fingerprint density at radius 1 is 1.58 bits per heavy atom. The summed E-state index contributed by atoms with van der Waals surface area (Å²) in [6.07, 6.45) is 1.86. The van der Waals surface area contributed by atoms with E-state index in [1.54, 1.807) is 6.92 Å². The lowest BCUT2D eigenvalue weighted by molar-refractivity contribution is -0.143. The highest BCUT2D eigenvalue weighted by Gasteiger charge is 2.40. The molecule has 1 fully saturated rings. The predicted octanol–water partition coefficient (Wildman–Crippen LogP) is 1.10. The Kier molecular flexibility index (Phi) is 3.09. The van der Waals surface area contributed by atoms with Crippen molar-refractivity contribution in [1.82, 2.24) is 0 Å². The van der Waals surface area contributed by atoms with Gasteiger partial charge in [-0.15, -0.1) is 0 Å². The van der Waals surface area contributed by atoms with Crippen molar-refractivity contribution in [2.24, 2.45) is 5.92 Å². The van der Waals surface area contributed by atoms with E-state index < -0.39 is 6.10 Å². The third kappa shape index (κ3) is 1.78. The van der Waals surface area contributed by atoms with E-state index in [9.17, 15) is 9.90 Å². The summed E-state index contributed by atoms with van der Waals surface area (Å²) >= 11 is 0. The number of ether oxygens (including phenoxy) is 1. The van der Waals surface area contributed by atoms with Crippen LogP contribution in [-0.4, -0.2) is 23.3 Å². The van der Waals surface area contributed by atoms with Gasteiger partial charge in [0, 0.05) is 0 Å². The molecule has 1 N–H and O–H groups in total. The molecule has 1 heterocycles. The molecular weight excluding hydrogens is 156 g/mol. The Morgan fingerprint density at radius 2 is 2.25 bits per heavy atom. The van der Waals surface area contributed by atoms with Crippen LogP contribution in [0.4, 0.5) is 0 Å². The van der Waals surface area contributed by atoms with Crippen LogP contribution in [0.5, 0.6) is 0 Å². The molecule has 1 saturated heterocycles. The minimum absolute atomic E-state index is 0.233. The molecule has 1 aliphatic heterocycles. The highest BCUT2D eigenvalue weighted by molar-refractivity contribution is 5.75. The summed E-state index contributed by atoms with van der Waals surface area (Å²) in [6.45, 7) is 3.80. The Morgan fingerprint density at radius 3 is 2.67 bits per heavy atom. The molecule has 0 aromatic carbocycles. The molecule has 1 aliphatic rings. The maximum atomic E-state index is 11.1. The minimum Gasteiger partial charge on any atom is -0.460 e. The maximum absolute atomic E-state index is 11.1. The summed E-state index contributed by atoms with van der Waals surface area (Å²) < 4.78 is 4.89. The number of aliphatic hydroxyl groups excluding tert-OH is 1. The molecule has 0 saturated carbocycles. The molecule has 0 radical (unpaired) electrons. The summed E-state index contributed by atoms with van der Waals surface area (Å²) in [5, 5.41) is 9.51. The number of carbonyl (C=O) groups excluding carboxylic acids is 1. The zero-order valence-electron chi connectivity index (χ0n) is 7.62. The van der Waals surface area contributed by atoms with Crippen molar-refractivity contribution < 1.29 is 14.6 Å². The number of esters is 1. The van der Waals surface area contributed by atoms with Gasteiger partial charge in [0.1, 0.15) is 12.2 Å². The number of carbonyl (C=O) groups is 1. The second-order valence-electron chi connectivity index (χ2n) is 3.38. The van der Waals surface area contributed by atoms with Crippen LogP contribution in [0.1, 0.15) is 33.1 Å². The average Bonchev–Trinajstić information content (AvgIpc) is 2.25. The molecule has 3 heteroatoms. The summed E-state index contributed by atoms with van der Waals surface area (Å²) in [5.74, 6) is -0.511. The van der Waals surface area contributed by atoms with Crippen molar-refractivity contribution in [2.45, 2.75) is 45.3 Å². The van der Waals surface area contributed by atoms with Crippen LogP contribution in [0.15, 0.2) is 0 Å².